The summed E-state index contributed by atoms with van der Waals surface area (Å²) in [6.45, 7) is 8.68. The van der Waals surface area contributed by atoms with E-state index in [4.69, 9.17) is 18.5 Å². The van der Waals surface area contributed by atoms with Crippen LogP contribution in [0.15, 0.2) is 12.7 Å². The molecular formula is C26H46N3O9P. The average molecular weight is 576 g/mol. The highest BCUT2D eigenvalue weighted by molar-refractivity contribution is 7.55. The Kier molecular flexibility index (Phi) is 14.2. The molecule has 0 bridgehead atoms. The fourth-order valence-electron chi connectivity index (χ4n) is 4.50. The van der Waals surface area contributed by atoms with Crippen LogP contribution in [0.5, 0.6) is 0 Å². The Morgan fingerprint density at radius 1 is 1.03 bits per heavy atom. The molecule has 0 unspecified atom stereocenters. The molecule has 1 fully saturated rings. The van der Waals surface area contributed by atoms with Gasteiger partial charge in [-0.05, 0) is 59.3 Å². The normalized spacial score (nSPS) is 16.5. The Morgan fingerprint density at radius 3 is 2.15 bits per heavy atom. The van der Waals surface area contributed by atoms with E-state index in [9.17, 15) is 23.7 Å². The summed E-state index contributed by atoms with van der Waals surface area (Å²) in [5, 5.41) is 7.79. The van der Waals surface area contributed by atoms with Gasteiger partial charge in [-0.3, -0.25) is 19.5 Å². The fourth-order valence-corrected chi connectivity index (χ4v) is 5.71. The largest absolute Gasteiger partial charge is 0.467 e. The lowest BCUT2D eigenvalue weighted by atomic mass is 9.81. The molecule has 3 amide bonds. The van der Waals surface area contributed by atoms with Gasteiger partial charge < -0.3 is 29.2 Å². The van der Waals surface area contributed by atoms with Crippen LogP contribution in [-0.4, -0.2) is 69.2 Å². The average Bonchev–Trinajstić information content (AvgIpc) is 3.37. The summed E-state index contributed by atoms with van der Waals surface area (Å²) in [5.74, 6) is -3.25. The van der Waals surface area contributed by atoms with Crippen molar-refractivity contribution in [3.8, 4) is 0 Å². The van der Waals surface area contributed by atoms with Crippen molar-refractivity contribution in [2.45, 2.75) is 96.0 Å². The molecule has 3 N–H and O–H groups in total. The van der Waals surface area contributed by atoms with Gasteiger partial charge in [0.1, 0.15) is 11.6 Å². The van der Waals surface area contributed by atoms with Gasteiger partial charge in [-0.1, -0.05) is 25.3 Å². The van der Waals surface area contributed by atoms with E-state index >= 15 is 0 Å². The number of amides is 3. The van der Waals surface area contributed by atoms with E-state index in [0.29, 0.717) is 19.3 Å². The van der Waals surface area contributed by atoms with Crippen molar-refractivity contribution in [1.29, 1.82) is 0 Å². The van der Waals surface area contributed by atoms with Crippen LogP contribution in [0.1, 0.15) is 78.6 Å². The molecule has 0 saturated heterocycles. The predicted molar refractivity (Wildman–Crippen MR) is 146 cm³/mol. The van der Waals surface area contributed by atoms with Crippen LogP contribution in [0.2, 0.25) is 0 Å². The van der Waals surface area contributed by atoms with Crippen LogP contribution in [0.25, 0.3) is 0 Å². The highest BCUT2D eigenvalue weighted by Gasteiger charge is 2.44. The minimum absolute atomic E-state index is 0.0500. The Morgan fingerprint density at radius 2 is 1.64 bits per heavy atom. The highest BCUT2D eigenvalue weighted by atomic mass is 31.2. The van der Waals surface area contributed by atoms with Gasteiger partial charge in [-0.15, -0.1) is 6.58 Å². The molecule has 0 aromatic rings. The number of methoxy groups -OCH3 is 1. The van der Waals surface area contributed by atoms with Crippen molar-refractivity contribution in [3.05, 3.63) is 12.7 Å². The van der Waals surface area contributed by atoms with E-state index in [1.54, 1.807) is 26.8 Å². The second kappa shape index (κ2) is 16.0. The molecule has 2 atom stereocenters. The van der Waals surface area contributed by atoms with E-state index in [1.165, 1.54) is 7.11 Å². The van der Waals surface area contributed by atoms with E-state index in [2.05, 4.69) is 22.5 Å². The highest BCUT2D eigenvalue weighted by Crippen LogP contribution is 2.50. The number of alkyl carbamates (subject to hydrolysis) is 1. The third-order valence-electron chi connectivity index (χ3n) is 6.61. The van der Waals surface area contributed by atoms with Crippen molar-refractivity contribution in [1.82, 2.24) is 16.0 Å². The molecule has 0 heterocycles. The lowest BCUT2D eigenvalue weighted by Crippen LogP contribution is -2.51. The van der Waals surface area contributed by atoms with Crippen LogP contribution in [0, 0.1) is 5.41 Å². The Hall–Kier alpha value is -2.43. The molecule has 0 spiro atoms. The SMILES string of the molecule is C=CCCCC[C@H](NC(=O)C1(CCNC(=O)[C@@H](NC(=O)OC(C)(C)C)P(=O)(OC)OC)CCCC1)C(=O)OC. The number of allylic oxidation sites excluding steroid dienone is 1. The van der Waals surface area contributed by atoms with Crippen LogP contribution < -0.4 is 16.0 Å². The first kappa shape index (κ1) is 34.6. The Bertz CT molecular complexity index is 890. The molecule has 39 heavy (non-hydrogen) atoms. The second-order valence-corrected chi connectivity index (χ2v) is 12.9. The van der Waals surface area contributed by atoms with E-state index in [1.807, 2.05) is 0 Å². The number of esters is 1. The lowest BCUT2D eigenvalue weighted by Gasteiger charge is -2.30. The summed E-state index contributed by atoms with van der Waals surface area (Å²) in [7, 11) is -0.583. The number of carbonyl (C=O) groups is 4. The zero-order valence-corrected chi connectivity index (χ0v) is 25.0. The van der Waals surface area contributed by atoms with E-state index < -0.39 is 48.4 Å². The second-order valence-electron chi connectivity index (χ2n) is 10.6. The summed E-state index contributed by atoms with van der Waals surface area (Å²) in [5.41, 5.74) is -1.65. The monoisotopic (exact) mass is 575 g/mol. The van der Waals surface area contributed by atoms with Gasteiger partial charge >= 0.3 is 19.7 Å². The number of ether oxygens (including phenoxy) is 2. The van der Waals surface area contributed by atoms with Crippen LogP contribution in [0.3, 0.4) is 0 Å². The summed E-state index contributed by atoms with van der Waals surface area (Å²) in [6, 6.07) is -0.768. The maximum absolute atomic E-state index is 13.4. The van der Waals surface area contributed by atoms with Gasteiger partial charge in [0.15, 0.2) is 0 Å². The molecule has 0 aromatic heterocycles. The van der Waals surface area contributed by atoms with Crippen molar-refractivity contribution in [2.24, 2.45) is 5.41 Å². The first-order valence-electron chi connectivity index (χ1n) is 13.3. The van der Waals surface area contributed by atoms with Gasteiger partial charge in [0.25, 0.3) is 5.91 Å². The fraction of sp³-hybridized carbons (Fsp3) is 0.769. The van der Waals surface area contributed by atoms with Crippen LogP contribution >= 0.6 is 7.60 Å². The van der Waals surface area contributed by atoms with Gasteiger partial charge in [0.2, 0.25) is 11.7 Å². The van der Waals surface area contributed by atoms with Gasteiger partial charge in [-0.25, -0.2) is 9.59 Å². The van der Waals surface area contributed by atoms with Gasteiger partial charge in [0.05, 0.1) is 12.5 Å². The molecule has 1 aliphatic rings. The number of hydrogen-bond acceptors (Lipinski definition) is 9. The van der Waals surface area contributed by atoms with E-state index in [0.717, 1.165) is 46.3 Å². The lowest BCUT2D eigenvalue weighted by molar-refractivity contribution is -0.147. The Balaban J connectivity index is 2.94. The van der Waals surface area contributed by atoms with Crippen molar-refractivity contribution in [3.63, 3.8) is 0 Å². The quantitative estimate of drug-likeness (QED) is 0.108. The molecule has 0 aliphatic heterocycles. The van der Waals surface area contributed by atoms with Crippen LogP contribution in [0.4, 0.5) is 4.79 Å². The molecule has 13 heteroatoms. The minimum Gasteiger partial charge on any atom is -0.467 e. The first-order valence-corrected chi connectivity index (χ1v) is 14.9. The molecule has 0 radical (unpaired) electrons. The smallest absolute Gasteiger partial charge is 0.408 e. The van der Waals surface area contributed by atoms with E-state index in [-0.39, 0.29) is 18.9 Å². The predicted octanol–water partition coefficient (Wildman–Crippen LogP) is 3.79. The minimum atomic E-state index is -4.08. The topological polar surface area (TPSA) is 158 Å². The molecule has 0 aromatic carbocycles. The van der Waals surface area contributed by atoms with Crippen molar-refractivity contribution < 1.29 is 42.3 Å². The van der Waals surface area contributed by atoms with Crippen LogP contribution in [-0.2, 0) is 37.5 Å². The summed E-state index contributed by atoms with van der Waals surface area (Å²) in [4.78, 5) is 51.1. The summed E-state index contributed by atoms with van der Waals surface area (Å²) < 4.78 is 33.0. The molecule has 1 rings (SSSR count). The summed E-state index contributed by atoms with van der Waals surface area (Å²) in [6.07, 6.45) is 6.78. The number of carbonyl (C=O) groups excluding carboxylic acids is 4. The van der Waals surface area contributed by atoms with Gasteiger partial charge in [0, 0.05) is 20.8 Å². The zero-order chi connectivity index (χ0) is 29.7. The molecular weight excluding hydrogens is 529 g/mol. The molecule has 224 valence electrons. The molecule has 1 aliphatic carbocycles. The molecule has 1 saturated carbocycles. The Labute approximate surface area is 231 Å². The van der Waals surface area contributed by atoms with Gasteiger partial charge in [-0.2, -0.15) is 0 Å². The maximum Gasteiger partial charge on any atom is 0.408 e. The third kappa shape index (κ3) is 10.9. The van der Waals surface area contributed by atoms with Crippen molar-refractivity contribution in [2.75, 3.05) is 27.9 Å². The maximum atomic E-state index is 13.4. The number of nitrogens with one attached hydrogen (secondary N) is 3. The number of rotatable bonds is 16. The summed E-state index contributed by atoms with van der Waals surface area (Å²) >= 11 is 0. The third-order valence-corrected chi connectivity index (χ3v) is 8.63. The number of unbranched alkanes of at least 4 members (excludes halogenated alkanes) is 2. The standard InChI is InChI=1S/C26H46N3O9P/c1-8-9-10-11-14-19(22(31)35-5)28-23(32)26(15-12-13-16-26)17-18-27-20(30)21(39(34,36-6)37-7)29-24(33)38-25(2,3)4/h8,19,21H,1,9-18H2,2-7H3,(H,27,30)(H,28,32)(H,29,33)/t19-,21-/m0/s1. The van der Waals surface area contributed by atoms with Crippen molar-refractivity contribution >= 4 is 31.5 Å². The zero-order valence-electron chi connectivity index (χ0n) is 24.1. The first-order chi connectivity index (χ1) is 18.3. The molecule has 12 nitrogen and oxygen atoms in total. The number of hydrogen-bond donors (Lipinski definition) is 3.